The average Bonchev–Trinajstić information content (AvgIpc) is 2.96. The molecule has 0 radical (unpaired) electrons. The first-order chi connectivity index (χ1) is 11.7. The third-order valence-corrected chi connectivity index (χ3v) is 4.04. The molecule has 0 spiro atoms. The zero-order valence-corrected chi connectivity index (χ0v) is 14.6. The highest BCUT2D eigenvalue weighted by Crippen LogP contribution is 2.24. The molecule has 1 aromatic carbocycles. The number of aryl methyl sites for hydroxylation is 3. The first kappa shape index (κ1) is 16.2. The minimum absolute atomic E-state index is 0.688. The Morgan fingerprint density at radius 3 is 2.50 bits per heavy atom. The molecule has 6 heteroatoms. The Kier molecular flexibility index (Phi) is 4.64. The molecule has 1 N–H and O–H groups in total. The van der Waals surface area contributed by atoms with Gasteiger partial charge >= 0.3 is 0 Å². The fourth-order valence-electron chi connectivity index (χ4n) is 2.72. The molecule has 0 unspecified atom stereocenters. The largest absolute Gasteiger partial charge is 0.497 e. The van der Waals surface area contributed by atoms with Crippen LogP contribution in [0.5, 0.6) is 5.75 Å². The maximum Gasteiger partial charge on any atom is 0.156 e. The number of nitrogens with zero attached hydrogens (tertiary/aromatic N) is 4. The molecule has 2 aromatic heterocycles. The predicted octanol–water partition coefficient (Wildman–Crippen LogP) is 3.34. The van der Waals surface area contributed by atoms with Crippen LogP contribution < -0.4 is 10.1 Å². The number of anilines is 1. The van der Waals surface area contributed by atoms with Crippen LogP contribution in [0.1, 0.15) is 30.9 Å². The van der Waals surface area contributed by atoms with E-state index in [1.807, 2.05) is 35.9 Å². The second-order valence-corrected chi connectivity index (χ2v) is 5.64. The summed E-state index contributed by atoms with van der Waals surface area (Å²) < 4.78 is 7.16. The van der Waals surface area contributed by atoms with Crippen LogP contribution in [0.4, 0.5) is 5.82 Å². The fourth-order valence-corrected chi connectivity index (χ4v) is 2.72. The number of fused-ring (bicyclic) bond motifs is 1. The summed E-state index contributed by atoms with van der Waals surface area (Å²) in [6, 6.07) is 8.02. The molecule has 0 fully saturated rings. The number of methoxy groups -OCH3 is 1. The Morgan fingerprint density at radius 1 is 1.12 bits per heavy atom. The van der Waals surface area contributed by atoms with Crippen molar-refractivity contribution >= 4 is 16.9 Å². The number of nitrogens with one attached hydrogen (secondary N) is 1. The van der Waals surface area contributed by atoms with Gasteiger partial charge in [0, 0.05) is 19.5 Å². The van der Waals surface area contributed by atoms with Crippen LogP contribution in [-0.4, -0.2) is 26.9 Å². The molecule has 2 heterocycles. The first-order valence-electron chi connectivity index (χ1n) is 8.27. The van der Waals surface area contributed by atoms with E-state index < -0.39 is 0 Å². The summed E-state index contributed by atoms with van der Waals surface area (Å²) >= 11 is 0. The van der Waals surface area contributed by atoms with E-state index in [2.05, 4.69) is 34.2 Å². The van der Waals surface area contributed by atoms with Crippen molar-refractivity contribution in [3.8, 4) is 5.75 Å². The molecule has 24 heavy (non-hydrogen) atoms. The molecule has 3 rings (SSSR count). The molecular weight excluding hydrogens is 302 g/mol. The monoisotopic (exact) mass is 325 g/mol. The van der Waals surface area contributed by atoms with Crippen molar-refractivity contribution in [3.63, 3.8) is 0 Å². The van der Waals surface area contributed by atoms with Crippen molar-refractivity contribution in [1.82, 2.24) is 19.7 Å². The van der Waals surface area contributed by atoms with Gasteiger partial charge in [-0.2, -0.15) is 5.10 Å². The molecule has 6 nitrogen and oxygen atoms in total. The molecule has 126 valence electrons. The second kappa shape index (κ2) is 6.86. The summed E-state index contributed by atoms with van der Waals surface area (Å²) in [6.45, 7) is 7.61. The van der Waals surface area contributed by atoms with Gasteiger partial charge in [-0.05, 0) is 31.5 Å². The maximum atomic E-state index is 5.20. The second-order valence-electron chi connectivity index (χ2n) is 5.64. The standard InChI is InChI=1S/C18H23N5O/c1-5-15-20-16-12(3)22-23(6-2)17(16)18(21-15)19-11-13-7-9-14(24-4)10-8-13/h7-10H,5-6,11H2,1-4H3,(H,19,20,21). The van der Waals surface area contributed by atoms with E-state index in [4.69, 9.17) is 4.74 Å². The van der Waals surface area contributed by atoms with E-state index in [1.165, 1.54) is 5.56 Å². The average molecular weight is 325 g/mol. The lowest BCUT2D eigenvalue weighted by atomic mass is 10.2. The summed E-state index contributed by atoms with van der Waals surface area (Å²) in [5, 5.41) is 8.03. The summed E-state index contributed by atoms with van der Waals surface area (Å²) in [7, 11) is 1.67. The fraction of sp³-hybridized carbons (Fsp3) is 0.389. The van der Waals surface area contributed by atoms with Crippen LogP contribution in [0.25, 0.3) is 11.0 Å². The molecule has 0 atom stereocenters. The van der Waals surface area contributed by atoms with Gasteiger partial charge in [-0.15, -0.1) is 0 Å². The molecule has 3 aromatic rings. The minimum Gasteiger partial charge on any atom is -0.497 e. The molecule has 0 aliphatic heterocycles. The third-order valence-electron chi connectivity index (χ3n) is 4.04. The van der Waals surface area contributed by atoms with Gasteiger partial charge in [0.1, 0.15) is 22.6 Å². The summed E-state index contributed by atoms with van der Waals surface area (Å²) in [4.78, 5) is 9.33. The van der Waals surface area contributed by atoms with Crippen LogP contribution in [-0.2, 0) is 19.5 Å². The highest BCUT2D eigenvalue weighted by atomic mass is 16.5. The van der Waals surface area contributed by atoms with Crippen molar-refractivity contribution in [1.29, 1.82) is 0 Å². The molecule has 0 saturated carbocycles. The van der Waals surface area contributed by atoms with Crippen LogP contribution in [0.15, 0.2) is 24.3 Å². The van der Waals surface area contributed by atoms with Crippen molar-refractivity contribution < 1.29 is 4.74 Å². The van der Waals surface area contributed by atoms with Crippen molar-refractivity contribution in [2.45, 2.75) is 40.3 Å². The molecular formula is C18H23N5O. The zero-order valence-electron chi connectivity index (χ0n) is 14.6. The first-order valence-corrected chi connectivity index (χ1v) is 8.27. The van der Waals surface area contributed by atoms with Gasteiger partial charge in [0.05, 0.1) is 12.8 Å². The van der Waals surface area contributed by atoms with Gasteiger partial charge in [0.25, 0.3) is 0 Å². The number of hydrogen-bond donors (Lipinski definition) is 1. The predicted molar refractivity (Wildman–Crippen MR) is 95.4 cm³/mol. The lowest BCUT2D eigenvalue weighted by Gasteiger charge is -2.10. The van der Waals surface area contributed by atoms with Gasteiger partial charge in [0.2, 0.25) is 0 Å². The van der Waals surface area contributed by atoms with E-state index in [1.54, 1.807) is 7.11 Å². The van der Waals surface area contributed by atoms with Crippen LogP contribution >= 0.6 is 0 Å². The molecule has 0 amide bonds. The molecule has 0 saturated heterocycles. The van der Waals surface area contributed by atoms with Crippen molar-refractivity contribution in [2.75, 3.05) is 12.4 Å². The lowest BCUT2D eigenvalue weighted by Crippen LogP contribution is -2.08. The van der Waals surface area contributed by atoms with E-state index in [0.717, 1.165) is 47.1 Å². The van der Waals surface area contributed by atoms with Gasteiger partial charge < -0.3 is 10.1 Å². The Labute approximate surface area is 141 Å². The molecule has 0 bridgehead atoms. The number of benzene rings is 1. The van der Waals surface area contributed by atoms with E-state index in [0.29, 0.717) is 6.54 Å². The minimum atomic E-state index is 0.688. The van der Waals surface area contributed by atoms with Crippen molar-refractivity contribution in [3.05, 3.63) is 41.3 Å². The lowest BCUT2D eigenvalue weighted by molar-refractivity contribution is 0.414. The van der Waals surface area contributed by atoms with Crippen LogP contribution in [0, 0.1) is 6.92 Å². The number of aromatic nitrogens is 4. The molecule has 0 aliphatic rings. The Bertz CT molecular complexity index is 839. The highest BCUT2D eigenvalue weighted by Gasteiger charge is 2.15. The summed E-state index contributed by atoms with van der Waals surface area (Å²) in [5.41, 5.74) is 4.01. The topological polar surface area (TPSA) is 64.9 Å². The molecule has 0 aliphatic carbocycles. The van der Waals surface area contributed by atoms with E-state index >= 15 is 0 Å². The van der Waals surface area contributed by atoms with Crippen molar-refractivity contribution in [2.24, 2.45) is 0 Å². The van der Waals surface area contributed by atoms with Gasteiger partial charge in [-0.1, -0.05) is 19.1 Å². The SMILES string of the molecule is CCc1nc(NCc2ccc(OC)cc2)c2c(n1)c(C)nn2CC. The number of rotatable bonds is 6. The van der Waals surface area contributed by atoms with E-state index in [-0.39, 0.29) is 0 Å². The van der Waals surface area contributed by atoms with Crippen LogP contribution in [0.3, 0.4) is 0 Å². The third kappa shape index (κ3) is 3.04. The van der Waals surface area contributed by atoms with Gasteiger partial charge in [-0.25, -0.2) is 9.97 Å². The Hall–Kier alpha value is -2.63. The smallest absolute Gasteiger partial charge is 0.156 e. The maximum absolute atomic E-state index is 5.20. The summed E-state index contributed by atoms with van der Waals surface area (Å²) in [6.07, 6.45) is 0.796. The number of hydrogen-bond acceptors (Lipinski definition) is 5. The highest BCUT2D eigenvalue weighted by molar-refractivity contribution is 5.87. The normalized spacial score (nSPS) is 11.0. The van der Waals surface area contributed by atoms with E-state index in [9.17, 15) is 0 Å². The number of ether oxygens (including phenoxy) is 1. The van der Waals surface area contributed by atoms with Gasteiger partial charge in [0.15, 0.2) is 5.82 Å². The van der Waals surface area contributed by atoms with Gasteiger partial charge in [-0.3, -0.25) is 4.68 Å². The van der Waals surface area contributed by atoms with Crippen LogP contribution in [0.2, 0.25) is 0 Å². The summed E-state index contributed by atoms with van der Waals surface area (Å²) in [5.74, 6) is 2.53. The Balaban J connectivity index is 1.94. The quantitative estimate of drug-likeness (QED) is 0.753. The Morgan fingerprint density at radius 2 is 1.88 bits per heavy atom. The zero-order chi connectivity index (χ0) is 17.1.